The predicted octanol–water partition coefficient (Wildman–Crippen LogP) is 1.63. The number of likely N-dealkylation sites (tertiary alicyclic amines) is 1. The second kappa shape index (κ2) is 10.4. The summed E-state index contributed by atoms with van der Waals surface area (Å²) in [7, 11) is 0. The van der Waals surface area contributed by atoms with Gasteiger partial charge in [0.25, 0.3) is 5.91 Å². The average Bonchev–Trinajstić information content (AvgIpc) is 3.47. The van der Waals surface area contributed by atoms with E-state index in [1.807, 2.05) is 20.8 Å². The first-order valence-corrected chi connectivity index (χ1v) is 12.1. The zero-order chi connectivity index (χ0) is 25.1. The van der Waals surface area contributed by atoms with Crippen molar-refractivity contribution in [3.05, 3.63) is 34.1 Å². The van der Waals surface area contributed by atoms with Crippen LogP contribution >= 0.6 is 0 Å². The first kappa shape index (κ1) is 24.6. The molecule has 0 saturated carbocycles. The van der Waals surface area contributed by atoms with Crippen molar-refractivity contribution in [2.45, 2.75) is 52.6 Å². The summed E-state index contributed by atoms with van der Waals surface area (Å²) in [5.41, 5.74) is 0.177. The number of pyridine rings is 1. The van der Waals surface area contributed by atoms with E-state index in [1.165, 1.54) is 6.20 Å². The van der Waals surface area contributed by atoms with Gasteiger partial charge in [0.2, 0.25) is 24.0 Å². The van der Waals surface area contributed by atoms with Crippen LogP contribution in [0.2, 0.25) is 0 Å². The fourth-order valence-electron chi connectivity index (χ4n) is 4.49. The minimum atomic E-state index is -0.808. The number of carbonyl (C=O) groups is 3. The van der Waals surface area contributed by atoms with Crippen molar-refractivity contribution in [1.82, 2.24) is 20.1 Å². The maximum atomic E-state index is 13.2. The number of ether oxygens (including phenoxy) is 2. The van der Waals surface area contributed by atoms with Gasteiger partial charge in [-0.25, -0.2) is 0 Å². The van der Waals surface area contributed by atoms with Crippen molar-refractivity contribution in [3.63, 3.8) is 0 Å². The van der Waals surface area contributed by atoms with Crippen molar-refractivity contribution in [3.8, 4) is 11.5 Å². The number of nitrogens with zero attached hydrogens (tertiary/aromatic N) is 2. The van der Waals surface area contributed by atoms with Crippen molar-refractivity contribution >= 4 is 28.6 Å². The van der Waals surface area contributed by atoms with Crippen LogP contribution < -0.4 is 25.5 Å². The molecule has 10 heteroatoms. The summed E-state index contributed by atoms with van der Waals surface area (Å²) in [6.45, 7) is 7.95. The van der Waals surface area contributed by atoms with Gasteiger partial charge in [0.05, 0.1) is 10.9 Å². The zero-order valence-electron chi connectivity index (χ0n) is 20.4. The van der Waals surface area contributed by atoms with Gasteiger partial charge in [0, 0.05) is 44.9 Å². The van der Waals surface area contributed by atoms with E-state index in [2.05, 4.69) is 10.6 Å². The number of benzene rings is 1. The lowest BCUT2D eigenvalue weighted by atomic mass is 10.0. The SMILES string of the molecule is CCn1cc(C(=O)N[C@@H](C(=O)NCCCN2CCCC2=O)C(C)C)c(=O)c2cc3c(cc21)OCO3. The Bertz CT molecular complexity index is 1200. The fraction of sp³-hybridized carbons (Fsp3) is 0.520. The minimum absolute atomic E-state index is 0.0378. The summed E-state index contributed by atoms with van der Waals surface area (Å²) >= 11 is 0. The second-order valence-corrected chi connectivity index (χ2v) is 9.20. The Morgan fingerprint density at radius 1 is 1.14 bits per heavy atom. The molecule has 2 aromatic rings. The molecule has 188 valence electrons. The van der Waals surface area contributed by atoms with Gasteiger partial charge >= 0.3 is 0 Å². The van der Waals surface area contributed by atoms with Crippen LogP contribution in [0, 0.1) is 5.92 Å². The summed E-state index contributed by atoms with van der Waals surface area (Å²) in [6.07, 6.45) is 3.62. The summed E-state index contributed by atoms with van der Waals surface area (Å²) in [4.78, 5) is 52.7. The highest BCUT2D eigenvalue weighted by Gasteiger charge is 2.27. The standard InChI is InChI=1S/C25H32N4O6/c1-4-28-13-17(23(31)16-11-19-20(12-18(16)28)35-14-34-19)24(32)27-22(15(2)3)25(33)26-8-6-10-29-9-5-7-21(29)30/h11-13,15,22H,4-10,14H2,1-3H3,(H,26,33)(H,27,32)/t22-/m1/s1. The predicted molar refractivity (Wildman–Crippen MR) is 130 cm³/mol. The summed E-state index contributed by atoms with van der Waals surface area (Å²) in [6, 6.07) is 2.53. The van der Waals surface area contributed by atoms with Crippen molar-refractivity contribution < 1.29 is 23.9 Å². The van der Waals surface area contributed by atoms with Gasteiger partial charge < -0.3 is 29.6 Å². The molecule has 2 aliphatic rings. The molecule has 0 radical (unpaired) electrons. The number of rotatable bonds is 9. The van der Waals surface area contributed by atoms with Gasteiger partial charge in [-0.2, -0.15) is 0 Å². The van der Waals surface area contributed by atoms with Gasteiger partial charge in [-0.1, -0.05) is 13.8 Å². The van der Waals surface area contributed by atoms with Gasteiger partial charge in [0.15, 0.2) is 11.5 Å². The summed E-state index contributed by atoms with van der Waals surface area (Å²) in [5, 5.41) is 5.95. The Balaban J connectivity index is 1.47. The second-order valence-electron chi connectivity index (χ2n) is 9.20. The largest absolute Gasteiger partial charge is 0.454 e. The molecule has 0 aliphatic carbocycles. The molecule has 1 atom stereocenters. The summed E-state index contributed by atoms with van der Waals surface area (Å²) < 4.78 is 12.6. The van der Waals surface area contributed by atoms with Crippen LogP contribution in [-0.2, 0) is 16.1 Å². The molecule has 1 aromatic heterocycles. The van der Waals surface area contributed by atoms with Gasteiger partial charge in [-0.15, -0.1) is 0 Å². The van der Waals surface area contributed by atoms with Crippen LogP contribution in [-0.4, -0.2) is 59.7 Å². The van der Waals surface area contributed by atoms with E-state index in [-0.39, 0.29) is 30.1 Å². The molecule has 0 bridgehead atoms. The molecule has 3 heterocycles. The Kier molecular flexibility index (Phi) is 7.28. The van der Waals surface area contributed by atoms with Crippen molar-refractivity contribution in [2.24, 2.45) is 5.92 Å². The lowest BCUT2D eigenvalue weighted by Crippen LogP contribution is -2.50. The molecule has 3 amide bonds. The molecule has 1 fully saturated rings. The van der Waals surface area contributed by atoms with Gasteiger partial charge in [0.1, 0.15) is 11.6 Å². The Morgan fingerprint density at radius 2 is 1.89 bits per heavy atom. The number of aryl methyl sites for hydroxylation is 1. The fourth-order valence-corrected chi connectivity index (χ4v) is 4.49. The molecule has 2 aliphatic heterocycles. The van der Waals surface area contributed by atoms with E-state index in [0.29, 0.717) is 54.9 Å². The minimum Gasteiger partial charge on any atom is -0.454 e. The third-order valence-corrected chi connectivity index (χ3v) is 6.47. The molecule has 1 aromatic carbocycles. The number of fused-ring (bicyclic) bond motifs is 2. The lowest BCUT2D eigenvalue weighted by Gasteiger charge is -2.22. The van der Waals surface area contributed by atoms with E-state index in [4.69, 9.17) is 9.47 Å². The monoisotopic (exact) mass is 484 g/mol. The number of nitrogens with one attached hydrogen (secondary N) is 2. The van der Waals surface area contributed by atoms with Crippen LogP contribution in [0.1, 0.15) is 50.4 Å². The van der Waals surface area contributed by atoms with Crippen LogP contribution in [0.15, 0.2) is 23.1 Å². The first-order chi connectivity index (χ1) is 16.8. The van der Waals surface area contributed by atoms with Crippen LogP contribution in [0.4, 0.5) is 0 Å². The number of aromatic nitrogens is 1. The molecule has 10 nitrogen and oxygen atoms in total. The number of amides is 3. The Morgan fingerprint density at radius 3 is 2.54 bits per heavy atom. The normalized spacial score (nSPS) is 15.7. The van der Waals surface area contributed by atoms with E-state index in [9.17, 15) is 19.2 Å². The molecule has 2 N–H and O–H groups in total. The quantitative estimate of drug-likeness (QED) is 0.523. The summed E-state index contributed by atoms with van der Waals surface area (Å²) in [5.74, 6) is 0.0590. The van der Waals surface area contributed by atoms with Crippen molar-refractivity contribution in [2.75, 3.05) is 26.4 Å². The topological polar surface area (TPSA) is 119 Å². The maximum Gasteiger partial charge on any atom is 0.257 e. The van der Waals surface area contributed by atoms with Gasteiger partial charge in [-0.3, -0.25) is 19.2 Å². The average molecular weight is 485 g/mol. The van der Waals surface area contributed by atoms with Crippen molar-refractivity contribution in [1.29, 1.82) is 0 Å². The third kappa shape index (κ3) is 5.11. The van der Waals surface area contributed by atoms with E-state index in [1.54, 1.807) is 21.6 Å². The van der Waals surface area contributed by atoms with Crippen LogP contribution in [0.5, 0.6) is 11.5 Å². The highest BCUT2D eigenvalue weighted by atomic mass is 16.7. The number of hydrogen-bond acceptors (Lipinski definition) is 6. The molecular formula is C25H32N4O6. The highest BCUT2D eigenvalue weighted by Crippen LogP contribution is 2.35. The molecule has 1 saturated heterocycles. The van der Waals surface area contributed by atoms with Crippen LogP contribution in [0.25, 0.3) is 10.9 Å². The molecule has 35 heavy (non-hydrogen) atoms. The van der Waals surface area contributed by atoms with Gasteiger partial charge in [-0.05, 0) is 31.7 Å². The highest BCUT2D eigenvalue weighted by molar-refractivity contribution is 6.00. The Labute approximate surface area is 203 Å². The zero-order valence-corrected chi connectivity index (χ0v) is 20.4. The third-order valence-electron chi connectivity index (χ3n) is 6.47. The number of carbonyl (C=O) groups excluding carboxylic acids is 3. The molecule has 4 rings (SSSR count). The smallest absolute Gasteiger partial charge is 0.257 e. The molecular weight excluding hydrogens is 452 g/mol. The first-order valence-electron chi connectivity index (χ1n) is 12.1. The Hall–Kier alpha value is -3.56. The van der Waals surface area contributed by atoms with Crippen LogP contribution in [0.3, 0.4) is 0 Å². The number of hydrogen-bond donors (Lipinski definition) is 2. The van der Waals surface area contributed by atoms with E-state index in [0.717, 1.165) is 13.0 Å². The molecule has 0 spiro atoms. The molecule has 0 unspecified atom stereocenters. The maximum absolute atomic E-state index is 13.2. The van der Waals surface area contributed by atoms with E-state index >= 15 is 0 Å². The lowest BCUT2D eigenvalue weighted by molar-refractivity contribution is -0.127. The van der Waals surface area contributed by atoms with E-state index < -0.39 is 17.4 Å².